The molecule has 0 fully saturated rings. The maximum Gasteiger partial charge on any atom is 4.00 e. The van der Waals surface area contributed by atoms with Crippen molar-refractivity contribution in [3.05, 3.63) is 109 Å². The quantitative estimate of drug-likeness (QED) is 0.188. The van der Waals surface area contributed by atoms with Gasteiger partial charge in [-0.15, -0.1) is 79.5 Å². The smallest absolute Gasteiger partial charge is 1.00 e. The number of hydrogen-bond donors (Lipinski definition) is 0. The third-order valence-electron chi connectivity index (χ3n) is 5.05. The van der Waals surface area contributed by atoms with Crippen LogP contribution in [0.15, 0.2) is 109 Å². The fourth-order valence-corrected chi connectivity index (χ4v) is 3.81. The SMILES string of the molecule is [H-].[H-].[Ti+4].c1ccc2c(c1)[cH-]c1ccccc12.c1ccc2c(c1)[cH-]c1ccccc12. The van der Waals surface area contributed by atoms with E-state index in [0.29, 0.717) is 0 Å². The zero-order valence-electron chi connectivity index (χ0n) is 16.9. The molecule has 6 rings (SSSR count). The Hall–Kier alpha value is -2.67. The first-order chi connectivity index (χ1) is 12.9. The standard InChI is InChI=1S/2C13H9.Ti.2H/c2*1-3-7-12-10(5-1)9-11-6-2-4-8-13(11)12;;;/h2*1-9H;;;/q2*-1;+4;2*-1. The van der Waals surface area contributed by atoms with Crippen LogP contribution in [0.3, 0.4) is 0 Å². The van der Waals surface area contributed by atoms with Crippen LogP contribution in [0.1, 0.15) is 2.85 Å². The molecule has 0 aliphatic heterocycles. The predicted octanol–water partition coefficient (Wildman–Crippen LogP) is 7.65. The molecule has 128 valence electrons. The number of hydrogen-bond acceptors (Lipinski definition) is 0. The molecule has 0 radical (unpaired) electrons. The first-order valence-corrected chi connectivity index (χ1v) is 8.96. The largest absolute Gasteiger partial charge is 4.00 e. The zero-order chi connectivity index (χ0) is 17.3. The van der Waals surface area contributed by atoms with E-state index in [4.69, 9.17) is 0 Å². The zero-order valence-corrected chi connectivity index (χ0v) is 16.5. The summed E-state index contributed by atoms with van der Waals surface area (Å²) in [4.78, 5) is 0. The van der Waals surface area contributed by atoms with Gasteiger partial charge < -0.3 is 2.85 Å². The normalized spacial score (nSPS) is 10.7. The topological polar surface area (TPSA) is 0 Å². The molecule has 0 unspecified atom stereocenters. The first kappa shape index (κ1) is 17.7. The summed E-state index contributed by atoms with van der Waals surface area (Å²) in [5.74, 6) is 0. The van der Waals surface area contributed by atoms with Crippen molar-refractivity contribution in [1.82, 2.24) is 0 Å². The van der Waals surface area contributed by atoms with E-state index >= 15 is 0 Å². The molecule has 0 nitrogen and oxygen atoms in total. The van der Waals surface area contributed by atoms with Gasteiger partial charge >= 0.3 is 21.7 Å². The van der Waals surface area contributed by atoms with Gasteiger partial charge in [-0.25, -0.2) is 0 Å². The summed E-state index contributed by atoms with van der Waals surface area (Å²) in [6.07, 6.45) is 0. The molecule has 6 aromatic carbocycles. The van der Waals surface area contributed by atoms with Crippen LogP contribution in [0.25, 0.3) is 43.1 Å². The molecular formula is C26H20Ti. The fourth-order valence-electron chi connectivity index (χ4n) is 3.81. The van der Waals surface area contributed by atoms with Crippen LogP contribution >= 0.6 is 0 Å². The van der Waals surface area contributed by atoms with Crippen molar-refractivity contribution in [2.75, 3.05) is 0 Å². The molecule has 0 amide bonds. The summed E-state index contributed by atoms with van der Waals surface area (Å²) in [5, 5.41) is 10.8. The van der Waals surface area contributed by atoms with Gasteiger partial charge in [0.15, 0.2) is 0 Å². The second-order valence-electron chi connectivity index (χ2n) is 6.64. The molecule has 1 heteroatoms. The molecule has 0 aliphatic rings. The van der Waals surface area contributed by atoms with Crippen LogP contribution in [-0.2, 0) is 21.7 Å². The van der Waals surface area contributed by atoms with Crippen molar-refractivity contribution in [1.29, 1.82) is 0 Å². The van der Waals surface area contributed by atoms with Gasteiger partial charge in [-0.05, 0) is 0 Å². The first-order valence-electron chi connectivity index (χ1n) is 8.96. The van der Waals surface area contributed by atoms with Gasteiger partial charge in [0.25, 0.3) is 0 Å². The van der Waals surface area contributed by atoms with Crippen molar-refractivity contribution in [3.8, 4) is 0 Å². The van der Waals surface area contributed by atoms with Crippen molar-refractivity contribution in [3.63, 3.8) is 0 Å². The van der Waals surface area contributed by atoms with Gasteiger partial charge in [0.1, 0.15) is 0 Å². The summed E-state index contributed by atoms with van der Waals surface area (Å²) in [7, 11) is 0. The van der Waals surface area contributed by atoms with Crippen LogP contribution in [0.4, 0.5) is 0 Å². The molecule has 0 aliphatic carbocycles. The number of benzene rings is 4. The Labute approximate surface area is 176 Å². The van der Waals surface area contributed by atoms with Crippen LogP contribution in [0.5, 0.6) is 0 Å². The number of rotatable bonds is 0. The Bertz CT molecular complexity index is 1140. The summed E-state index contributed by atoms with van der Waals surface area (Å²) in [6.45, 7) is 0. The summed E-state index contributed by atoms with van der Waals surface area (Å²) >= 11 is 0. The Morgan fingerprint density at radius 3 is 0.852 bits per heavy atom. The predicted molar refractivity (Wildman–Crippen MR) is 116 cm³/mol. The molecule has 27 heavy (non-hydrogen) atoms. The molecule has 6 aromatic rings. The van der Waals surface area contributed by atoms with Gasteiger partial charge in [0.2, 0.25) is 0 Å². The average molecular weight is 380 g/mol. The van der Waals surface area contributed by atoms with E-state index in [1.165, 1.54) is 43.1 Å². The molecule has 0 N–H and O–H groups in total. The molecule has 0 saturated heterocycles. The third-order valence-corrected chi connectivity index (χ3v) is 5.05. The van der Waals surface area contributed by atoms with E-state index in [-0.39, 0.29) is 24.6 Å². The summed E-state index contributed by atoms with van der Waals surface area (Å²) in [5.41, 5.74) is 0. The maximum absolute atomic E-state index is 2.24. The van der Waals surface area contributed by atoms with Crippen molar-refractivity contribution in [2.24, 2.45) is 0 Å². The second-order valence-corrected chi connectivity index (χ2v) is 6.64. The van der Waals surface area contributed by atoms with Gasteiger partial charge in [0, 0.05) is 0 Å². The monoisotopic (exact) mass is 380 g/mol. The van der Waals surface area contributed by atoms with Gasteiger partial charge in [-0.2, -0.15) is 0 Å². The minimum atomic E-state index is 0. The summed E-state index contributed by atoms with van der Waals surface area (Å²) in [6, 6.07) is 38.5. The van der Waals surface area contributed by atoms with E-state index in [1.807, 2.05) is 0 Å². The van der Waals surface area contributed by atoms with Crippen LogP contribution in [0.2, 0.25) is 0 Å². The van der Waals surface area contributed by atoms with Gasteiger partial charge in [-0.3, -0.25) is 0 Å². The Balaban J connectivity index is 0.000000187. The minimum Gasteiger partial charge on any atom is -1.00 e. The second kappa shape index (κ2) is 7.52. The Kier molecular flexibility index (Phi) is 4.94. The molecule has 0 atom stereocenters. The van der Waals surface area contributed by atoms with Crippen molar-refractivity contribution < 1.29 is 24.6 Å². The van der Waals surface area contributed by atoms with Crippen LogP contribution in [0, 0.1) is 0 Å². The third kappa shape index (κ3) is 3.23. The van der Waals surface area contributed by atoms with Crippen molar-refractivity contribution >= 4 is 43.1 Å². The molecule has 0 heterocycles. The summed E-state index contributed by atoms with van der Waals surface area (Å²) < 4.78 is 0. The van der Waals surface area contributed by atoms with E-state index in [9.17, 15) is 0 Å². The fraction of sp³-hybridized carbons (Fsp3) is 0. The van der Waals surface area contributed by atoms with E-state index < -0.39 is 0 Å². The van der Waals surface area contributed by atoms with Crippen LogP contribution in [-0.4, -0.2) is 0 Å². The van der Waals surface area contributed by atoms with Crippen LogP contribution < -0.4 is 0 Å². The van der Waals surface area contributed by atoms with Crippen molar-refractivity contribution in [2.45, 2.75) is 0 Å². The molecule has 0 bridgehead atoms. The Morgan fingerprint density at radius 1 is 0.370 bits per heavy atom. The molecule has 0 spiro atoms. The molecular weight excluding hydrogens is 360 g/mol. The van der Waals surface area contributed by atoms with E-state index in [2.05, 4.69) is 109 Å². The Morgan fingerprint density at radius 2 is 0.593 bits per heavy atom. The average Bonchev–Trinajstić information content (AvgIpc) is 3.27. The van der Waals surface area contributed by atoms with Gasteiger partial charge in [0.05, 0.1) is 0 Å². The van der Waals surface area contributed by atoms with E-state index in [1.54, 1.807) is 0 Å². The minimum absolute atomic E-state index is 0. The maximum atomic E-state index is 2.24. The number of fused-ring (bicyclic) bond motifs is 6. The van der Waals surface area contributed by atoms with E-state index in [0.717, 1.165) is 0 Å². The molecule has 0 aromatic heterocycles. The molecule has 0 saturated carbocycles. The van der Waals surface area contributed by atoms with Gasteiger partial charge in [-0.1, -0.05) is 72.8 Å².